The highest BCUT2D eigenvalue weighted by atomic mass is 16.3. The Morgan fingerprint density at radius 2 is 2.08 bits per heavy atom. The Kier molecular flexibility index (Phi) is 4.22. The number of aliphatic hydroxyl groups is 1. The van der Waals surface area contributed by atoms with Crippen LogP contribution in [0.5, 0.6) is 0 Å². The summed E-state index contributed by atoms with van der Waals surface area (Å²) < 4.78 is 0. The molecule has 13 heavy (non-hydrogen) atoms. The van der Waals surface area contributed by atoms with Crippen LogP contribution in [0.2, 0.25) is 0 Å². The number of carbonyl (C=O) groups excluding carboxylic acids is 1. The summed E-state index contributed by atoms with van der Waals surface area (Å²) >= 11 is 0. The fraction of sp³-hybridized carbons (Fsp3) is 0.900. The highest BCUT2D eigenvalue weighted by Crippen LogP contribution is 2.27. The largest absolute Gasteiger partial charge is 0.383 e. The smallest absolute Gasteiger partial charge is 0.248 e. The molecule has 0 aromatic carbocycles. The van der Waals surface area contributed by atoms with E-state index in [-0.39, 0.29) is 5.91 Å². The maximum atomic E-state index is 11.0. The van der Waals surface area contributed by atoms with Gasteiger partial charge in [0.1, 0.15) is 6.10 Å². The summed E-state index contributed by atoms with van der Waals surface area (Å²) in [6.45, 7) is 0. The molecule has 1 aliphatic carbocycles. The molecule has 0 saturated heterocycles. The van der Waals surface area contributed by atoms with Crippen LogP contribution >= 0.6 is 0 Å². The molecule has 0 spiro atoms. The Morgan fingerprint density at radius 1 is 1.46 bits per heavy atom. The molecule has 3 heteroatoms. The summed E-state index contributed by atoms with van der Waals surface area (Å²) in [7, 11) is 1.56. The molecule has 0 heterocycles. The monoisotopic (exact) mass is 185 g/mol. The quantitative estimate of drug-likeness (QED) is 0.691. The molecule has 1 amide bonds. The second-order valence-corrected chi connectivity index (χ2v) is 3.87. The SMILES string of the molecule is CNC(=O)C(O)CC1CCCCC1. The zero-order valence-corrected chi connectivity index (χ0v) is 8.25. The fourth-order valence-corrected chi connectivity index (χ4v) is 2.01. The van der Waals surface area contributed by atoms with Crippen molar-refractivity contribution in [2.24, 2.45) is 5.92 Å². The lowest BCUT2D eigenvalue weighted by molar-refractivity contribution is -0.129. The number of hydrogen-bond donors (Lipinski definition) is 2. The number of hydrogen-bond acceptors (Lipinski definition) is 2. The highest BCUT2D eigenvalue weighted by Gasteiger charge is 2.21. The van der Waals surface area contributed by atoms with Gasteiger partial charge in [-0.3, -0.25) is 4.79 Å². The molecular formula is C10H19NO2. The molecule has 0 bridgehead atoms. The molecule has 1 fully saturated rings. The maximum absolute atomic E-state index is 11.0. The van der Waals surface area contributed by atoms with Crippen LogP contribution in [0.1, 0.15) is 38.5 Å². The third kappa shape index (κ3) is 3.35. The van der Waals surface area contributed by atoms with Crippen LogP contribution in [-0.2, 0) is 4.79 Å². The molecule has 1 atom stereocenters. The van der Waals surface area contributed by atoms with Crippen LogP contribution < -0.4 is 5.32 Å². The average Bonchev–Trinajstić information content (AvgIpc) is 2.18. The van der Waals surface area contributed by atoms with Crippen molar-refractivity contribution in [2.45, 2.75) is 44.6 Å². The molecule has 2 N–H and O–H groups in total. The molecule has 1 saturated carbocycles. The average molecular weight is 185 g/mol. The van der Waals surface area contributed by atoms with Crippen molar-refractivity contribution in [3.05, 3.63) is 0 Å². The third-order valence-electron chi connectivity index (χ3n) is 2.83. The molecule has 3 nitrogen and oxygen atoms in total. The Balaban J connectivity index is 2.25. The molecule has 0 aliphatic heterocycles. The van der Waals surface area contributed by atoms with E-state index in [1.54, 1.807) is 7.05 Å². The van der Waals surface area contributed by atoms with E-state index >= 15 is 0 Å². The molecule has 1 rings (SSSR count). The summed E-state index contributed by atoms with van der Waals surface area (Å²) in [5, 5.41) is 11.9. The van der Waals surface area contributed by atoms with Crippen LogP contribution in [0, 0.1) is 5.92 Å². The molecule has 0 aromatic heterocycles. The summed E-state index contributed by atoms with van der Waals surface area (Å²) in [6.07, 6.45) is 6.01. The Bertz CT molecular complexity index is 164. The van der Waals surface area contributed by atoms with Gasteiger partial charge in [-0.15, -0.1) is 0 Å². The molecule has 1 aliphatic rings. The van der Waals surface area contributed by atoms with Crippen LogP contribution in [0.25, 0.3) is 0 Å². The first-order valence-corrected chi connectivity index (χ1v) is 5.13. The minimum atomic E-state index is -0.798. The van der Waals surface area contributed by atoms with Crippen LogP contribution in [-0.4, -0.2) is 24.2 Å². The van der Waals surface area contributed by atoms with Crippen molar-refractivity contribution in [1.29, 1.82) is 0 Å². The van der Waals surface area contributed by atoms with Gasteiger partial charge in [-0.1, -0.05) is 32.1 Å². The second kappa shape index (κ2) is 5.22. The normalized spacial score (nSPS) is 21.1. The first-order valence-electron chi connectivity index (χ1n) is 5.13. The van der Waals surface area contributed by atoms with Gasteiger partial charge in [0.05, 0.1) is 0 Å². The summed E-state index contributed by atoms with van der Waals surface area (Å²) in [5.74, 6) is 0.312. The number of aliphatic hydroxyl groups excluding tert-OH is 1. The van der Waals surface area contributed by atoms with Gasteiger partial charge in [-0.2, -0.15) is 0 Å². The highest BCUT2D eigenvalue weighted by molar-refractivity contribution is 5.80. The minimum Gasteiger partial charge on any atom is -0.383 e. The van der Waals surface area contributed by atoms with E-state index in [2.05, 4.69) is 5.32 Å². The first-order chi connectivity index (χ1) is 6.24. The first kappa shape index (κ1) is 10.5. The number of amides is 1. The van der Waals surface area contributed by atoms with Crippen molar-refractivity contribution in [2.75, 3.05) is 7.05 Å². The molecule has 0 radical (unpaired) electrons. The van der Waals surface area contributed by atoms with Crippen molar-refractivity contribution >= 4 is 5.91 Å². The van der Waals surface area contributed by atoms with Gasteiger partial charge >= 0.3 is 0 Å². The van der Waals surface area contributed by atoms with Crippen molar-refractivity contribution in [3.8, 4) is 0 Å². The lowest BCUT2D eigenvalue weighted by Gasteiger charge is -2.23. The Morgan fingerprint density at radius 3 is 2.62 bits per heavy atom. The predicted molar refractivity (Wildman–Crippen MR) is 51.3 cm³/mol. The molecule has 0 aromatic rings. The summed E-state index contributed by atoms with van der Waals surface area (Å²) in [4.78, 5) is 11.0. The second-order valence-electron chi connectivity index (χ2n) is 3.87. The van der Waals surface area contributed by atoms with Gasteiger partial charge in [0.15, 0.2) is 0 Å². The Hall–Kier alpha value is -0.570. The maximum Gasteiger partial charge on any atom is 0.248 e. The summed E-state index contributed by atoms with van der Waals surface area (Å²) in [6, 6.07) is 0. The van der Waals surface area contributed by atoms with E-state index in [1.807, 2.05) is 0 Å². The lowest BCUT2D eigenvalue weighted by Crippen LogP contribution is -2.33. The van der Waals surface area contributed by atoms with E-state index < -0.39 is 6.10 Å². The molecular weight excluding hydrogens is 166 g/mol. The Labute approximate surface area is 79.5 Å². The van der Waals surface area contributed by atoms with Gasteiger partial charge in [-0.05, 0) is 12.3 Å². The molecule has 1 unspecified atom stereocenters. The summed E-state index contributed by atoms with van der Waals surface area (Å²) in [5.41, 5.74) is 0. The zero-order chi connectivity index (χ0) is 9.68. The van der Waals surface area contributed by atoms with E-state index in [0.717, 1.165) is 0 Å². The third-order valence-corrected chi connectivity index (χ3v) is 2.83. The van der Waals surface area contributed by atoms with E-state index in [0.29, 0.717) is 12.3 Å². The lowest BCUT2D eigenvalue weighted by atomic mass is 9.85. The standard InChI is InChI=1S/C10H19NO2/c1-11-10(13)9(12)7-8-5-3-2-4-6-8/h8-9,12H,2-7H2,1H3,(H,11,13). The predicted octanol–water partition coefficient (Wildman–Crippen LogP) is 1.06. The van der Waals surface area contributed by atoms with Gasteiger partial charge < -0.3 is 10.4 Å². The topological polar surface area (TPSA) is 49.3 Å². The van der Waals surface area contributed by atoms with Crippen molar-refractivity contribution in [3.63, 3.8) is 0 Å². The van der Waals surface area contributed by atoms with Crippen LogP contribution in [0.3, 0.4) is 0 Å². The van der Waals surface area contributed by atoms with Gasteiger partial charge in [0.2, 0.25) is 5.91 Å². The fourth-order valence-electron chi connectivity index (χ4n) is 2.01. The van der Waals surface area contributed by atoms with Crippen molar-refractivity contribution in [1.82, 2.24) is 5.32 Å². The van der Waals surface area contributed by atoms with Gasteiger partial charge in [0, 0.05) is 7.05 Å². The molecule has 76 valence electrons. The van der Waals surface area contributed by atoms with Gasteiger partial charge in [0.25, 0.3) is 0 Å². The number of carbonyl (C=O) groups is 1. The zero-order valence-electron chi connectivity index (χ0n) is 8.25. The van der Waals surface area contributed by atoms with Crippen LogP contribution in [0.4, 0.5) is 0 Å². The number of rotatable bonds is 3. The number of nitrogens with one attached hydrogen (secondary N) is 1. The van der Waals surface area contributed by atoms with Crippen molar-refractivity contribution < 1.29 is 9.90 Å². The van der Waals surface area contributed by atoms with E-state index in [9.17, 15) is 9.90 Å². The van der Waals surface area contributed by atoms with Gasteiger partial charge in [-0.25, -0.2) is 0 Å². The number of likely N-dealkylation sites (N-methyl/N-ethyl adjacent to an activating group) is 1. The van der Waals surface area contributed by atoms with Crippen LogP contribution in [0.15, 0.2) is 0 Å². The van der Waals surface area contributed by atoms with E-state index in [4.69, 9.17) is 0 Å². The minimum absolute atomic E-state index is 0.245. The van der Waals surface area contributed by atoms with E-state index in [1.165, 1.54) is 32.1 Å².